The molecule has 0 heterocycles. The normalized spacial score (nSPS) is 13.7. The molecule has 7 heteroatoms. The Labute approximate surface area is 204 Å². The fourth-order valence-electron chi connectivity index (χ4n) is 4.34. The molecule has 0 aromatic heterocycles. The first-order valence-corrected chi connectivity index (χ1v) is 11.6. The number of rotatable bonds is 9. The first kappa shape index (κ1) is 24.0. The lowest BCUT2D eigenvalue weighted by molar-refractivity contribution is -0.142. The number of carboxylic acids is 1. The number of fused-ring (bicyclic) bond motifs is 3. The smallest absolute Gasteiger partial charge is 0.407 e. The average Bonchev–Trinajstić information content (AvgIpc) is 3.19. The Kier molecular flexibility index (Phi) is 7.45. The molecule has 0 saturated carbocycles. The fraction of sp³-hybridized carbons (Fsp3) is 0.250. The molecule has 0 aliphatic heterocycles. The van der Waals surface area contributed by atoms with Crippen molar-refractivity contribution in [2.24, 2.45) is 5.92 Å². The summed E-state index contributed by atoms with van der Waals surface area (Å²) in [7, 11) is 0. The van der Waals surface area contributed by atoms with Crippen molar-refractivity contribution in [3.8, 4) is 11.1 Å². The zero-order valence-corrected chi connectivity index (χ0v) is 19.4. The average molecular weight is 473 g/mol. The van der Waals surface area contributed by atoms with Crippen molar-refractivity contribution < 1.29 is 24.2 Å². The molecule has 1 aliphatic carbocycles. The topological polar surface area (TPSA) is 105 Å². The van der Waals surface area contributed by atoms with E-state index in [0.29, 0.717) is 0 Å². The number of hydrogen-bond donors (Lipinski definition) is 3. The molecule has 0 radical (unpaired) electrons. The lowest BCUT2D eigenvalue weighted by Crippen LogP contribution is -2.46. The molecule has 3 aromatic carbocycles. The highest BCUT2D eigenvalue weighted by Gasteiger charge is 2.29. The first-order chi connectivity index (χ1) is 16.9. The van der Waals surface area contributed by atoms with Crippen LogP contribution in [0.3, 0.4) is 0 Å². The molecular weight excluding hydrogens is 444 g/mol. The fourth-order valence-corrected chi connectivity index (χ4v) is 4.34. The summed E-state index contributed by atoms with van der Waals surface area (Å²) >= 11 is 0. The third kappa shape index (κ3) is 5.69. The summed E-state index contributed by atoms with van der Waals surface area (Å²) < 4.78 is 5.49. The standard InChI is InChI=1S/C28H28N2O5/c1-18(26(31)30-25(27(32)33)15-19-9-3-2-4-10-19)16-29-28(34)35-17-24-22-13-7-5-11-20(22)21-12-6-8-14-23(21)24/h2-14,18,24-25H,15-17H2,1H3,(H,29,34)(H,30,31)(H,32,33). The Morgan fingerprint density at radius 1 is 0.886 bits per heavy atom. The molecule has 7 nitrogen and oxygen atoms in total. The van der Waals surface area contributed by atoms with Gasteiger partial charge in [-0.2, -0.15) is 0 Å². The second-order valence-electron chi connectivity index (χ2n) is 8.70. The summed E-state index contributed by atoms with van der Waals surface area (Å²) in [5, 5.41) is 14.7. The Morgan fingerprint density at radius 2 is 1.46 bits per heavy atom. The van der Waals surface area contributed by atoms with Gasteiger partial charge < -0.3 is 20.5 Å². The predicted molar refractivity (Wildman–Crippen MR) is 132 cm³/mol. The van der Waals surface area contributed by atoms with Gasteiger partial charge in [-0.3, -0.25) is 4.79 Å². The van der Waals surface area contributed by atoms with Crippen LogP contribution in [0.4, 0.5) is 4.79 Å². The van der Waals surface area contributed by atoms with Gasteiger partial charge in [-0.05, 0) is 27.8 Å². The minimum Gasteiger partial charge on any atom is -0.480 e. The van der Waals surface area contributed by atoms with Crippen LogP contribution in [-0.4, -0.2) is 42.3 Å². The third-order valence-corrected chi connectivity index (χ3v) is 6.24. The van der Waals surface area contributed by atoms with Crippen molar-refractivity contribution in [3.63, 3.8) is 0 Å². The first-order valence-electron chi connectivity index (χ1n) is 11.6. The van der Waals surface area contributed by atoms with Crippen LogP contribution >= 0.6 is 0 Å². The highest BCUT2D eigenvalue weighted by molar-refractivity contribution is 5.85. The van der Waals surface area contributed by atoms with Gasteiger partial charge in [-0.1, -0.05) is 85.8 Å². The van der Waals surface area contributed by atoms with Gasteiger partial charge >= 0.3 is 12.1 Å². The maximum atomic E-state index is 12.5. The van der Waals surface area contributed by atoms with Gasteiger partial charge in [-0.25, -0.2) is 9.59 Å². The van der Waals surface area contributed by atoms with Crippen LogP contribution in [0.25, 0.3) is 11.1 Å². The molecule has 35 heavy (non-hydrogen) atoms. The molecule has 2 amide bonds. The molecular formula is C28H28N2O5. The van der Waals surface area contributed by atoms with Crippen LogP contribution in [0.15, 0.2) is 78.9 Å². The minimum absolute atomic E-state index is 0.0280. The van der Waals surface area contributed by atoms with Gasteiger partial charge in [0.15, 0.2) is 0 Å². The number of aliphatic carboxylic acids is 1. The molecule has 0 spiro atoms. The predicted octanol–water partition coefficient (Wildman–Crippen LogP) is 3.97. The zero-order chi connectivity index (χ0) is 24.8. The van der Waals surface area contributed by atoms with Crippen molar-refractivity contribution in [1.82, 2.24) is 10.6 Å². The summed E-state index contributed by atoms with van der Waals surface area (Å²) in [6.45, 7) is 1.83. The van der Waals surface area contributed by atoms with Crippen molar-refractivity contribution >= 4 is 18.0 Å². The second-order valence-corrected chi connectivity index (χ2v) is 8.70. The van der Waals surface area contributed by atoms with Crippen molar-refractivity contribution in [2.45, 2.75) is 25.3 Å². The number of alkyl carbamates (subject to hydrolysis) is 1. The van der Waals surface area contributed by atoms with E-state index in [1.54, 1.807) is 6.92 Å². The molecule has 0 fully saturated rings. The van der Waals surface area contributed by atoms with E-state index in [-0.39, 0.29) is 25.5 Å². The van der Waals surface area contributed by atoms with E-state index < -0.39 is 29.9 Å². The SMILES string of the molecule is CC(CNC(=O)OCC1c2ccccc2-c2ccccc21)C(=O)NC(Cc1ccccc1)C(=O)O. The van der Waals surface area contributed by atoms with E-state index in [2.05, 4.69) is 22.8 Å². The van der Waals surface area contributed by atoms with Crippen LogP contribution in [0.5, 0.6) is 0 Å². The monoisotopic (exact) mass is 472 g/mol. The molecule has 2 atom stereocenters. The van der Waals surface area contributed by atoms with Crippen LogP contribution in [0, 0.1) is 5.92 Å². The number of carboxylic acid groups (broad SMARTS) is 1. The van der Waals surface area contributed by atoms with Gasteiger partial charge in [0, 0.05) is 18.9 Å². The van der Waals surface area contributed by atoms with E-state index in [1.165, 1.54) is 0 Å². The van der Waals surface area contributed by atoms with Crippen LogP contribution < -0.4 is 10.6 Å². The summed E-state index contributed by atoms with van der Waals surface area (Å²) in [5.41, 5.74) is 5.33. The van der Waals surface area contributed by atoms with E-state index in [4.69, 9.17) is 4.74 Å². The Hall–Kier alpha value is -4.13. The van der Waals surface area contributed by atoms with Crippen molar-refractivity contribution in [2.75, 3.05) is 13.2 Å². The van der Waals surface area contributed by atoms with Gasteiger partial charge in [0.25, 0.3) is 0 Å². The van der Waals surface area contributed by atoms with Gasteiger partial charge in [-0.15, -0.1) is 0 Å². The van der Waals surface area contributed by atoms with Crippen LogP contribution in [0.1, 0.15) is 29.5 Å². The highest BCUT2D eigenvalue weighted by Crippen LogP contribution is 2.44. The Morgan fingerprint density at radius 3 is 2.06 bits per heavy atom. The number of benzene rings is 3. The minimum atomic E-state index is -1.11. The molecule has 180 valence electrons. The van der Waals surface area contributed by atoms with Crippen molar-refractivity contribution in [3.05, 3.63) is 95.6 Å². The number of nitrogens with one attached hydrogen (secondary N) is 2. The van der Waals surface area contributed by atoms with E-state index in [1.807, 2.05) is 66.7 Å². The second kappa shape index (κ2) is 10.9. The summed E-state index contributed by atoms with van der Waals surface area (Å²) in [6, 6.07) is 24.2. The lowest BCUT2D eigenvalue weighted by atomic mass is 9.98. The molecule has 3 aromatic rings. The Balaban J connectivity index is 1.28. The Bertz CT molecular complexity index is 1170. The quantitative estimate of drug-likeness (QED) is 0.437. The highest BCUT2D eigenvalue weighted by atomic mass is 16.5. The maximum Gasteiger partial charge on any atom is 0.407 e. The maximum absolute atomic E-state index is 12.5. The number of carbonyl (C=O) groups excluding carboxylic acids is 2. The molecule has 1 aliphatic rings. The van der Waals surface area contributed by atoms with Crippen LogP contribution in [-0.2, 0) is 20.7 Å². The molecule has 2 unspecified atom stereocenters. The van der Waals surface area contributed by atoms with Gasteiger partial charge in [0.1, 0.15) is 12.6 Å². The molecule has 0 saturated heterocycles. The van der Waals surface area contributed by atoms with Gasteiger partial charge in [0.2, 0.25) is 5.91 Å². The molecule has 3 N–H and O–H groups in total. The summed E-state index contributed by atoms with van der Waals surface area (Å²) in [4.78, 5) is 36.5. The summed E-state index contributed by atoms with van der Waals surface area (Å²) in [5.74, 6) is -2.25. The van der Waals surface area contributed by atoms with E-state index >= 15 is 0 Å². The number of hydrogen-bond acceptors (Lipinski definition) is 4. The number of ether oxygens (including phenoxy) is 1. The lowest BCUT2D eigenvalue weighted by Gasteiger charge is -2.19. The van der Waals surface area contributed by atoms with Crippen LogP contribution in [0.2, 0.25) is 0 Å². The molecule has 0 bridgehead atoms. The number of amides is 2. The summed E-state index contributed by atoms with van der Waals surface area (Å²) in [6.07, 6.45) is -0.445. The number of carbonyl (C=O) groups is 3. The third-order valence-electron chi connectivity index (χ3n) is 6.24. The van der Waals surface area contributed by atoms with E-state index in [0.717, 1.165) is 27.8 Å². The van der Waals surface area contributed by atoms with Gasteiger partial charge in [0.05, 0.1) is 5.92 Å². The van der Waals surface area contributed by atoms with Crippen molar-refractivity contribution in [1.29, 1.82) is 0 Å². The zero-order valence-electron chi connectivity index (χ0n) is 19.4. The largest absolute Gasteiger partial charge is 0.480 e. The molecule has 4 rings (SSSR count). The van der Waals surface area contributed by atoms with E-state index in [9.17, 15) is 19.5 Å².